The van der Waals surface area contributed by atoms with Gasteiger partial charge in [-0.1, -0.05) is 13.0 Å². The summed E-state index contributed by atoms with van der Waals surface area (Å²) in [6, 6.07) is 4.60. The van der Waals surface area contributed by atoms with Gasteiger partial charge in [-0.3, -0.25) is 4.98 Å². The van der Waals surface area contributed by atoms with Crippen molar-refractivity contribution in [1.29, 1.82) is 0 Å². The van der Waals surface area contributed by atoms with E-state index in [-0.39, 0.29) is 0 Å². The molecule has 0 saturated carbocycles. The Morgan fingerprint density at radius 1 is 1.50 bits per heavy atom. The van der Waals surface area contributed by atoms with E-state index in [1.54, 1.807) is 7.11 Å². The van der Waals surface area contributed by atoms with Crippen LogP contribution < -0.4 is 5.32 Å². The standard InChI is InChI=1S/C13H22N2O/c1-11(6-8-16-3)13(14-2)9-12-5-4-7-15-10-12/h4-5,7,10-11,13-14H,6,8-9H2,1-3H3. The van der Waals surface area contributed by atoms with Gasteiger partial charge in [-0.2, -0.15) is 0 Å². The lowest BCUT2D eigenvalue weighted by molar-refractivity contribution is 0.171. The average Bonchev–Trinajstić information content (AvgIpc) is 2.34. The highest BCUT2D eigenvalue weighted by atomic mass is 16.5. The SMILES string of the molecule is CNC(Cc1cccnc1)C(C)CCOC. The van der Waals surface area contributed by atoms with Crippen molar-refractivity contribution in [1.82, 2.24) is 10.3 Å². The minimum atomic E-state index is 0.486. The second-order valence-corrected chi connectivity index (χ2v) is 4.22. The van der Waals surface area contributed by atoms with Crippen LogP contribution >= 0.6 is 0 Å². The molecule has 0 aliphatic rings. The van der Waals surface area contributed by atoms with Gasteiger partial charge in [0.25, 0.3) is 0 Å². The molecule has 2 atom stereocenters. The molecule has 16 heavy (non-hydrogen) atoms. The molecule has 0 aromatic carbocycles. The van der Waals surface area contributed by atoms with Gasteiger partial charge in [0, 0.05) is 32.2 Å². The third kappa shape index (κ3) is 4.29. The molecule has 1 N–H and O–H groups in total. The van der Waals surface area contributed by atoms with Gasteiger partial charge < -0.3 is 10.1 Å². The number of hydrogen-bond acceptors (Lipinski definition) is 3. The van der Waals surface area contributed by atoms with Crippen molar-refractivity contribution in [2.24, 2.45) is 5.92 Å². The minimum absolute atomic E-state index is 0.486. The molecule has 0 fully saturated rings. The van der Waals surface area contributed by atoms with Crippen LogP contribution in [0.25, 0.3) is 0 Å². The molecule has 0 aliphatic heterocycles. The second-order valence-electron chi connectivity index (χ2n) is 4.22. The first-order valence-electron chi connectivity index (χ1n) is 5.83. The highest BCUT2D eigenvalue weighted by molar-refractivity contribution is 5.10. The van der Waals surface area contributed by atoms with Gasteiger partial charge in [0.2, 0.25) is 0 Å². The number of hydrogen-bond donors (Lipinski definition) is 1. The normalized spacial score (nSPS) is 14.7. The molecule has 0 amide bonds. The van der Waals surface area contributed by atoms with E-state index in [2.05, 4.69) is 23.3 Å². The van der Waals surface area contributed by atoms with Crippen molar-refractivity contribution >= 4 is 0 Å². The molecule has 3 heteroatoms. The lowest BCUT2D eigenvalue weighted by atomic mass is 9.93. The number of pyridine rings is 1. The topological polar surface area (TPSA) is 34.2 Å². The number of ether oxygens (including phenoxy) is 1. The molecule has 90 valence electrons. The third-order valence-electron chi connectivity index (χ3n) is 3.01. The van der Waals surface area contributed by atoms with Gasteiger partial charge in [-0.05, 0) is 37.4 Å². The van der Waals surface area contributed by atoms with E-state index in [4.69, 9.17) is 4.74 Å². The second kappa shape index (κ2) is 7.36. The van der Waals surface area contributed by atoms with E-state index in [1.165, 1.54) is 5.56 Å². The van der Waals surface area contributed by atoms with E-state index in [9.17, 15) is 0 Å². The molecule has 0 bridgehead atoms. The van der Waals surface area contributed by atoms with Crippen molar-refractivity contribution in [3.8, 4) is 0 Å². The van der Waals surface area contributed by atoms with Gasteiger partial charge in [-0.25, -0.2) is 0 Å². The summed E-state index contributed by atoms with van der Waals surface area (Å²) in [4.78, 5) is 4.14. The quantitative estimate of drug-likeness (QED) is 0.765. The van der Waals surface area contributed by atoms with E-state index in [0.717, 1.165) is 19.4 Å². The fourth-order valence-electron chi connectivity index (χ4n) is 1.87. The van der Waals surface area contributed by atoms with Crippen molar-refractivity contribution < 1.29 is 4.74 Å². The van der Waals surface area contributed by atoms with Crippen molar-refractivity contribution in [3.05, 3.63) is 30.1 Å². The first-order chi connectivity index (χ1) is 7.77. The van der Waals surface area contributed by atoms with Crippen molar-refractivity contribution in [2.45, 2.75) is 25.8 Å². The molecule has 3 nitrogen and oxygen atoms in total. The predicted octanol–water partition coefficient (Wildman–Crippen LogP) is 1.88. The largest absolute Gasteiger partial charge is 0.385 e. The first kappa shape index (κ1) is 13.1. The fraction of sp³-hybridized carbons (Fsp3) is 0.615. The molecule has 1 rings (SSSR count). The Balaban J connectivity index is 2.48. The lowest BCUT2D eigenvalue weighted by Gasteiger charge is -2.23. The monoisotopic (exact) mass is 222 g/mol. The maximum absolute atomic E-state index is 5.12. The van der Waals surface area contributed by atoms with Crippen LogP contribution in [-0.4, -0.2) is 31.8 Å². The van der Waals surface area contributed by atoms with Crippen LogP contribution in [0.4, 0.5) is 0 Å². The summed E-state index contributed by atoms with van der Waals surface area (Å²) in [5.74, 6) is 0.602. The Labute approximate surface area is 98.2 Å². The van der Waals surface area contributed by atoms with Gasteiger partial charge >= 0.3 is 0 Å². The number of nitrogens with zero attached hydrogens (tertiary/aromatic N) is 1. The fourth-order valence-corrected chi connectivity index (χ4v) is 1.87. The number of aromatic nitrogens is 1. The Bertz CT molecular complexity index is 277. The van der Waals surface area contributed by atoms with Crippen LogP contribution in [0.2, 0.25) is 0 Å². The number of methoxy groups -OCH3 is 1. The summed E-state index contributed by atoms with van der Waals surface area (Å²) in [5.41, 5.74) is 1.28. The zero-order valence-corrected chi connectivity index (χ0v) is 10.4. The number of rotatable bonds is 7. The maximum atomic E-state index is 5.12. The maximum Gasteiger partial charge on any atom is 0.0465 e. The summed E-state index contributed by atoms with van der Waals surface area (Å²) in [7, 11) is 3.77. The molecular weight excluding hydrogens is 200 g/mol. The zero-order valence-electron chi connectivity index (χ0n) is 10.4. The molecule has 1 aromatic heterocycles. The Morgan fingerprint density at radius 2 is 2.31 bits per heavy atom. The smallest absolute Gasteiger partial charge is 0.0465 e. The highest BCUT2D eigenvalue weighted by Crippen LogP contribution is 2.13. The average molecular weight is 222 g/mol. The van der Waals surface area contributed by atoms with Crippen LogP contribution in [0.15, 0.2) is 24.5 Å². The van der Waals surface area contributed by atoms with E-state index in [1.807, 2.05) is 25.5 Å². The third-order valence-corrected chi connectivity index (χ3v) is 3.01. The van der Waals surface area contributed by atoms with E-state index < -0.39 is 0 Å². The molecular formula is C13H22N2O. The summed E-state index contributed by atoms with van der Waals surface area (Å²) in [6.07, 6.45) is 5.86. The molecule has 0 spiro atoms. The van der Waals surface area contributed by atoms with Gasteiger partial charge in [-0.15, -0.1) is 0 Å². The predicted molar refractivity (Wildman–Crippen MR) is 66.4 cm³/mol. The minimum Gasteiger partial charge on any atom is -0.385 e. The summed E-state index contributed by atoms with van der Waals surface area (Å²) in [5, 5.41) is 3.38. The summed E-state index contributed by atoms with van der Waals surface area (Å²) >= 11 is 0. The van der Waals surface area contributed by atoms with Gasteiger partial charge in [0.1, 0.15) is 0 Å². The number of likely N-dealkylation sites (N-methyl/N-ethyl adjacent to an activating group) is 1. The van der Waals surface area contributed by atoms with Crippen LogP contribution in [-0.2, 0) is 11.2 Å². The molecule has 1 aromatic rings. The van der Waals surface area contributed by atoms with Crippen molar-refractivity contribution in [2.75, 3.05) is 20.8 Å². The van der Waals surface area contributed by atoms with Gasteiger partial charge in [0.15, 0.2) is 0 Å². The van der Waals surface area contributed by atoms with Crippen LogP contribution in [0.5, 0.6) is 0 Å². The van der Waals surface area contributed by atoms with Crippen LogP contribution in [0.3, 0.4) is 0 Å². The molecule has 0 radical (unpaired) electrons. The Morgan fingerprint density at radius 3 is 2.88 bits per heavy atom. The number of nitrogens with one attached hydrogen (secondary N) is 1. The molecule has 2 unspecified atom stereocenters. The molecule has 1 heterocycles. The zero-order chi connectivity index (χ0) is 11.8. The first-order valence-corrected chi connectivity index (χ1v) is 5.83. The lowest BCUT2D eigenvalue weighted by Crippen LogP contribution is -2.34. The summed E-state index contributed by atoms with van der Waals surface area (Å²) in [6.45, 7) is 3.09. The summed E-state index contributed by atoms with van der Waals surface area (Å²) < 4.78 is 5.12. The highest BCUT2D eigenvalue weighted by Gasteiger charge is 2.15. The van der Waals surface area contributed by atoms with E-state index in [0.29, 0.717) is 12.0 Å². The van der Waals surface area contributed by atoms with Crippen LogP contribution in [0, 0.1) is 5.92 Å². The molecule has 0 aliphatic carbocycles. The Hall–Kier alpha value is -0.930. The van der Waals surface area contributed by atoms with Crippen molar-refractivity contribution in [3.63, 3.8) is 0 Å². The van der Waals surface area contributed by atoms with Crippen LogP contribution in [0.1, 0.15) is 18.9 Å². The Kier molecular flexibility index (Phi) is 6.04. The van der Waals surface area contributed by atoms with E-state index >= 15 is 0 Å². The van der Waals surface area contributed by atoms with Gasteiger partial charge in [0.05, 0.1) is 0 Å². The molecule has 0 saturated heterocycles.